The van der Waals surface area contributed by atoms with E-state index in [1.807, 2.05) is 17.9 Å². The molecule has 12 nitrogen and oxygen atoms in total. The van der Waals surface area contributed by atoms with Gasteiger partial charge in [0.25, 0.3) is 5.89 Å². The number of fused-ring (bicyclic) bond motifs is 2. The molecule has 1 fully saturated rings. The first-order valence-corrected chi connectivity index (χ1v) is 15.7. The maximum atomic E-state index is 14.1. The third-order valence-corrected chi connectivity index (χ3v) is 8.84. The fraction of sp³-hybridized carbons (Fsp3) is 0.364. The molecule has 0 unspecified atom stereocenters. The first-order valence-electron chi connectivity index (χ1n) is 15.7. The molecular weight excluding hydrogens is 629 g/mol. The van der Waals surface area contributed by atoms with Crippen LogP contribution in [0.3, 0.4) is 0 Å². The highest BCUT2D eigenvalue weighted by Gasteiger charge is 2.35. The van der Waals surface area contributed by atoms with Gasteiger partial charge in [0.1, 0.15) is 22.8 Å². The number of halogens is 3. The van der Waals surface area contributed by atoms with Crippen LogP contribution in [0, 0.1) is 0 Å². The lowest BCUT2D eigenvalue weighted by atomic mass is 9.92. The third kappa shape index (κ3) is 6.55. The van der Waals surface area contributed by atoms with Crippen LogP contribution in [0.1, 0.15) is 47.2 Å². The van der Waals surface area contributed by atoms with E-state index in [-0.39, 0.29) is 42.8 Å². The second kappa shape index (κ2) is 12.9. The van der Waals surface area contributed by atoms with Crippen LogP contribution in [0.5, 0.6) is 11.5 Å². The molecule has 1 amide bonds. The number of H-pyrrole nitrogens is 2. The molecule has 0 radical (unpaired) electrons. The first-order chi connectivity index (χ1) is 23.1. The van der Waals surface area contributed by atoms with Crippen molar-refractivity contribution in [1.82, 2.24) is 40.3 Å². The molecule has 48 heavy (non-hydrogen) atoms. The van der Waals surface area contributed by atoms with Gasteiger partial charge in [0.2, 0.25) is 5.91 Å². The molecule has 1 atom stereocenters. The lowest BCUT2D eigenvalue weighted by Gasteiger charge is -2.34. The van der Waals surface area contributed by atoms with Gasteiger partial charge in [-0.05, 0) is 47.4 Å². The number of carbonyl (C=O) groups excluding carboxylic acids is 1. The zero-order valence-electron chi connectivity index (χ0n) is 26.1. The second-order valence-electron chi connectivity index (χ2n) is 12.1. The summed E-state index contributed by atoms with van der Waals surface area (Å²) < 4.78 is 53.6. The molecule has 0 aliphatic carbocycles. The van der Waals surface area contributed by atoms with Gasteiger partial charge in [0, 0.05) is 57.9 Å². The minimum Gasteiger partial charge on any atom is -0.455 e. The molecule has 2 aliphatic heterocycles. The summed E-state index contributed by atoms with van der Waals surface area (Å²) in [6.45, 7) is 5.74. The zero-order chi connectivity index (χ0) is 33.4. The Morgan fingerprint density at radius 2 is 1.96 bits per heavy atom. The Morgan fingerprint density at radius 3 is 2.71 bits per heavy atom. The van der Waals surface area contributed by atoms with Gasteiger partial charge >= 0.3 is 11.9 Å². The van der Waals surface area contributed by atoms with E-state index in [4.69, 9.17) is 14.1 Å². The monoisotopic (exact) mass is 662 g/mol. The van der Waals surface area contributed by atoms with E-state index in [1.54, 1.807) is 35.5 Å². The number of amides is 1. The van der Waals surface area contributed by atoms with Crippen molar-refractivity contribution in [1.29, 1.82) is 0 Å². The van der Waals surface area contributed by atoms with Crippen molar-refractivity contribution in [2.24, 2.45) is 0 Å². The van der Waals surface area contributed by atoms with Crippen molar-refractivity contribution in [3.8, 4) is 23.1 Å². The van der Waals surface area contributed by atoms with Crippen LogP contribution in [0.25, 0.3) is 22.6 Å². The van der Waals surface area contributed by atoms with Gasteiger partial charge < -0.3 is 24.4 Å². The van der Waals surface area contributed by atoms with E-state index in [2.05, 4.69) is 25.5 Å². The van der Waals surface area contributed by atoms with E-state index in [0.29, 0.717) is 53.4 Å². The van der Waals surface area contributed by atoms with Gasteiger partial charge in [-0.3, -0.25) is 14.7 Å². The number of alkyl halides is 3. The summed E-state index contributed by atoms with van der Waals surface area (Å²) in [5.41, 5.74) is 2.45. The van der Waals surface area contributed by atoms with Crippen LogP contribution in [0.2, 0.25) is 0 Å². The number of aromatic amines is 2. The fourth-order valence-electron chi connectivity index (χ4n) is 6.39. The molecule has 0 saturated carbocycles. The normalized spacial score (nSPS) is 17.1. The van der Waals surface area contributed by atoms with Gasteiger partial charge in [0.05, 0.1) is 29.3 Å². The topological polar surface area (TPSA) is 145 Å². The molecule has 7 rings (SSSR count). The van der Waals surface area contributed by atoms with Crippen LogP contribution >= 0.6 is 0 Å². The van der Waals surface area contributed by atoms with E-state index in [9.17, 15) is 22.8 Å². The van der Waals surface area contributed by atoms with Crippen molar-refractivity contribution in [3.05, 3.63) is 87.3 Å². The highest BCUT2D eigenvalue weighted by atomic mass is 19.4. The summed E-state index contributed by atoms with van der Waals surface area (Å²) in [7, 11) is 0. The number of benzene rings is 1. The second-order valence-corrected chi connectivity index (χ2v) is 12.1. The van der Waals surface area contributed by atoms with Gasteiger partial charge in [-0.25, -0.2) is 14.9 Å². The quantitative estimate of drug-likeness (QED) is 0.217. The van der Waals surface area contributed by atoms with Crippen molar-refractivity contribution in [2.75, 3.05) is 32.7 Å². The van der Waals surface area contributed by atoms with Crippen molar-refractivity contribution >= 4 is 16.9 Å². The Hall–Kier alpha value is -5.02. The summed E-state index contributed by atoms with van der Waals surface area (Å²) in [6, 6.07) is 9.50. The standard InChI is InChI=1S/C33H33F3N8O4/c1-2-20-17-44(28(45)12-19-3-4-21(25(11-19)33(34,35)36)16-43-9-7-37-8-10-43)18-22-13-23(15-39-29(20)22)47-27-5-6-38-30-24(27)14-26(40-30)31-41-42-32(46)48-31/h3-6,11,13-15,20,37H,2,7-10,12,16-18H2,1H3,(H,38,40)(H,42,46)/t20-/m0/s1. The van der Waals surface area contributed by atoms with E-state index < -0.39 is 17.5 Å². The molecular formula is C33H33F3N8O4. The number of hydrogen-bond donors (Lipinski definition) is 3. The molecule has 6 heterocycles. The molecule has 3 N–H and O–H groups in total. The average Bonchev–Trinajstić information content (AvgIpc) is 3.71. The maximum absolute atomic E-state index is 14.1. The molecule has 0 spiro atoms. The van der Waals surface area contributed by atoms with E-state index in [0.717, 1.165) is 36.8 Å². The Labute approximate surface area is 272 Å². The average molecular weight is 663 g/mol. The Kier molecular flexibility index (Phi) is 8.47. The predicted molar refractivity (Wildman–Crippen MR) is 168 cm³/mol. The van der Waals surface area contributed by atoms with Gasteiger partial charge in [-0.1, -0.05) is 19.1 Å². The number of rotatable bonds is 8. The number of nitrogens with one attached hydrogen (secondary N) is 3. The molecule has 1 saturated heterocycles. The number of nitrogens with zero attached hydrogens (tertiary/aromatic N) is 5. The summed E-state index contributed by atoms with van der Waals surface area (Å²) in [4.78, 5) is 40.7. The van der Waals surface area contributed by atoms with E-state index >= 15 is 0 Å². The predicted octanol–water partition coefficient (Wildman–Crippen LogP) is 4.60. The largest absolute Gasteiger partial charge is 0.455 e. The summed E-state index contributed by atoms with van der Waals surface area (Å²) in [5.74, 6) is 0.0107. The fourth-order valence-corrected chi connectivity index (χ4v) is 6.39. The highest BCUT2D eigenvalue weighted by Crippen LogP contribution is 2.36. The molecule has 4 aromatic heterocycles. The Balaban J connectivity index is 1.09. The lowest BCUT2D eigenvalue weighted by Crippen LogP contribution is -2.43. The third-order valence-electron chi connectivity index (χ3n) is 8.84. The molecule has 15 heteroatoms. The SMILES string of the molecule is CC[C@H]1CN(C(=O)Cc2ccc(CN3CCNCC3)c(C(F)(F)F)c2)Cc2cc(Oc3ccnc4[nH]c(-c5n[nH]c(=O)o5)cc34)cnc21. The number of pyridine rings is 2. The van der Waals surface area contributed by atoms with Crippen LogP contribution in [-0.2, 0) is 30.5 Å². The first kappa shape index (κ1) is 31.6. The maximum Gasteiger partial charge on any atom is 0.434 e. The van der Waals surface area contributed by atoms with Gasteiger partial charge in [0.15, 0.2) is 0 Å². The number of piperazine rings is 1. The van der Waals surface area contributed by atoms with Crippen molar-refractivity contribution in [2.45, 2.75) is 44.9 Å². The number of aromatic nitrogens is 5. The number of ether oxygens (including phenoxy) is 1. The van der Waals surface area contributed by atoms with Crippen molar-refractivity contribution < 1.29 is 27.1 Å². The smallest absolute Gasteiger partial charge is 0.434 e. The molecule has 5 aromatic rings. The Bertz CT molecular complexity index is 2010. The number of hydrogen-bond acceptors (Lipinski definition) is 9. The van der Waals surface area contributed by atoms with Crippen LogP contribution < -0.4 is 15.8 Å². The molecule has 250 valence electrons. The number of carbonyl (C=O) groups is 1. The van der Waals surface area contributed by atoms with Crippen LogP contribution in [0.15, 0.2) is 58.0 Å². The minimum absolute atomic E-state index is 0.0396. The lowest BCUT2D eigenvalue weighted by molar-refractivity contribution is -0.138. The van der Waals surface area contributed by atoms with E-state index in [1.165, 1.54) is 6.07 Å². The molecule has 1 aromatic carbocycles. The highest BCUT2D eigenvalue weighted by molar-refractivity contribution is 5.87. The molecule has 2 aliphatic rings. The summed E-state index contributed by atoms with van der Waals surface area (Å²) in [5, 5.41) is 9.90. The summed E-state index contributed by atoms with van der Waals surface area (Å²) in [6.07, 6.45) is -0.748. The summed E-state index contributed by atoms with van der Waals surface area (Å²) >= 11 is 0. The Morgan fingerprint density at radius 1 is 1.12 bits per heavy atom. The van der Waals surface area contributed by atoms with Crippen LogP contribution in [-0.4, -0.2) is 73.6 Å². The molecule has 0 bridgehead atoms. The van der Waals surface area contributed by atoms with Gasteiger partial charge in [-0.2, -0.15) is 13.2 Å². The zero-order valence-corrected chi connectivity index (χ0v) is 26.1. The van der Waals surface area contributed by atoms with Crippen LogP contribution in [0.4, 0.5) is 13.2 Å². The van der Waals surface area contributed by atoms with Gasteiger partial charge in [-0.15, -0.1) is 5.10 Å². The minimum atomic E-state index is -4.53. The van der Waals surface area contributed by atoms with Crippen molar-refractivity contribution in [3.63, 3.8) is 0 Å².